The summed E-state index contributed by atoms with van der Waals surface area (Å²) in [4.78, 5) is 10.2. The third-order valence-electron chi connectivity index (χ3n) is 0.823. The van der Waals surface area contributed by atoms with Crippen LogP contribution >= 0.6 is 0 Å². The van der Waals surface area contributed by atoms with Gasteiger partial charge in [0.2, 0.25) is 0 Å². The summed E-state index contributed by atoms with van der Waals surface area (Å²) < 4.78 is 4.55. The van der Waals surface area contributed by atoms with Gasteiger partial charge < -0.3 is 6.16 Å². The molecular formula is C6H10NNaO2. The largest absolute Gasteiger partial charge is 1.00 e. The molecule has 0 saturated carbocycles. The molecule has 0 amide bonds. The maximum atomic E-state index is 10.2. The number of esters is 1. The average Bonchev–Trinajstić information content (AvgIpc) is 1.82. The van der Waals surface area contributed by atoms with E-state index in [0.717, 1.165) is 0 Å². The predicted octanol–water partition coefficient (Wildman–Crippen LogP) is -2.03. The van der Waals surface area contributed by atoms with Crippen LogP contribution in [0.4, 0.5) is 0 Å². The number of nitrogens with zero attached hydrogens (tertiary/aromatic N) is 1. The molecule has 0 aromatic rings. The standard InChI is InChI=1S/C6H9NO2.Na.H/c1-3-6(4-7)9-5(2)8;;/h6H,3H2,1-2H3;;/q;+1;-1. The molecule has 0 fully saturated rings. The monoisotopic (exact) mass is 151 g/mol. The van der Waals surface area contributed by atoms with Gasteiger partial charge in [-0.1, -0.05) is 6.92 Å². The first kappa shape index (κ1) is 12.6. The van der Waals surface area contributed by atoms with Crippen molar-refractivity contribution in [2.75, 3.05) is 0 Å². The van der Waals surface area contributed by atoms with Crippen molar-refractivity contribution in [1.82, 2.24) is 0 Å². The van der Waals surface area contributed by atoms with Gasteiger partial charge in [-0.05, 0) is 6.42 Å². The Morgan fingerprint density at radius 2 is 2.40 bits per heavy atom. The second kappa shape index (κ2) is 7.07. The molecule has 4 heteroatoms. The second-order valence-electron chi connectivity index (χ2n) is 1.64. The Morgan fingerprint density at radius 1 is 1.90 bits per heavy atom. The van der Waals surface area contributed by atoms with E-state index in [1.807, 2.05) is 6.07 Å². The molecule has 0 aliphatic rings. The quantitative estimate of drug-likeness (QED) is 0.338. The molecule has 0 rings (SSSR count). The maximum Gasteiger partial charge on any atom is 1.00 e. The van der Waals surface area contributed by atoms with Crippen molar-refractivity contribution in [2.24, 2.45) is 0 Å². The molecular weight excluding hydrogens is 141 g/mol. The molecule has 0 aromatic heterocycles. The average molecular weight is 151 g/mol. The summed E-state index contributed by atoms with van der Waals surface area (Å²) in [5, 5.41) is 8.25. The van der Waals surface area contributed by atoms with Gasteiger partial charge in [-0.15, -0.1) is 0 Å². The van der Waals surface area contributed by atoms with E-state index < -0.39 is 12.1 Å². The molecule has 0 aromatic carbocycles. The van der Waals surface area contributed by atoms with Gasteiger partial charge in [-0.25, -0.2) is 0 Å². The number of hydrogen-bond acceptors (Lipinski definition) is 3. The van der Waals surface area contributed by atoms with Gasteiger partial charge >= 0.3 is 35.5 Å². The minimum Gasteiger partial charge on any atom is -1.00 e. The van der Waals surface area contributed by atoms with Gasteiger partial charge in [-0.2, -0.15) is 5.26 Å². The molecule has 0 N–H and O–H groups in total. The van der Waals surface area contributed by atoms with Crippen molar-refractivity contribution in [1.29, 1.82) is 5.26 Å². The number of ether oxygens (including phenoxy) is 1. The Hall–Kier alpha value is -0.0400. The fourth-order valence-electron chi connectivity index (χ4n) is 0.401. The van der Waals surface area contributed by atoms with E-state index in [-0.39, 0.29) is 31.0 Å². The Balaban J connectivity index is -0.000000320. The van der Waals surface area contributed by atoms with Crippen LogP contribution in [0.2, 0.25) is 0 Å². The van der Waals surface area contributed by atoms with Crippen LogP contribution in [0.5, 0.6) is 0 Å². The summed E-state index contributed by atoms with van der Waals surface area (Å²) in [5.41, 5.74) is 0. The molecule has 0 radical (unpaired) electrons. The van der Waals surface area contributed by atoms with Gasteiger partial charge in [-0.3, -0.25) is 4.79 Å². The third-order valence-corrected chi connectivity index (χ3v) is 0.823. The first-order valence-corrected chi connectivity index (χ1v) is 2.77. The van der Waals surface area contributed by atoms with Crippen LogP contribution in [0.25, 0.3) is 0 Å². The Morgan fingerprint density at radius 3 is 2.50 bits per heavy atom. The molecule has 0 heterocycles. The van der Waals surface area contributed by atoms with Crippen LogP contribution < -0.4 is 29.6 Å². The molecule has 0 aliphatic heterocycles. The fraction of sp³-hybridized carbons (Fsp3) is 0.667. The van der Waals surface area contributed by atoms with Crippen LogP contribution in [-0.4, -0.2) is 12.1 Å². The van der Waals surface area contributed by atoms with E-state index in [0.29, 0.717) is 6.42 Å². The predicted molar refractivity (Wildman–Crippen MR) is 32.6 cm³/mol. The molecule has 3 nitrogen and oxygen atoms in total. The van der Waals surface area contributed by atoms with Crippen molar-refractivity contribution >= 4 is 5.97 Å². The smallest absolute Gasteiger partial charge is 1.00 e. The molecule has 1 unspecified atom stereocenters. The van der Waals surface area contributed by atoms with Crippen molar-refractivity contribution < 1.29 is 40.5 Å². The number of rotatable bonds is 2. The summed E-state index contributed by atoms with van der Waals surface area (Å²) in [6, 6.07) is 1.84. The minimum absolute atomic E-state index is 0. The summed E-state index contributed by atoms with van der Waals surface area (Å²) >= 11 is 0. The normalized spacial score (nSPS) is 10.5. The van der Waals surface area contributed by atoms with Gasteiger partial charge in [0.25, 0.3) is 0 Å². The van der Waals surface area contributed by atoms with E-state index in [1.54, 1.807) is 6.92 Å². The van der Waals surface area contributed by atoms with E-state index in [9.17, 15) is 4.79 Å². The van der Waals surface area contributed by atoms with Crippen LogP contribution in [0.1, 0.15) is 21.7 Å². The molecule has 0 saturated heterocycles. The molecule has 52 valence electrons. The van der Waals surface area contributed by atoms with Gasteiger partial charge in [0.15, 0.2) is 6.10 Å². The SMILES string of the molecule is CCC(C#N)OC(C)=O.[H-].[Na+]. The summed E-state index contributed by atoms with van der Waals surface area (Å²) in [5.74, 6) is -0.400. The number of hydrogen-bond donors (Lipinski definition) is 0. The van der Waals surface area contributed by atoms with Gasteiger partial charge in [0.1, 0.15) is 6.07 Å². The second-order valence-corrected chi connectivity index (χ2v) is 1.64. The molecule has 0 spiro atoms. The zero-order valence-corrected chi connectivity index (χ0v) is 8.55. The summed E-state index contributed by atoms with van der Waals surface area (Å²) in [6.45, 7) is 3.08. The summed E-state index contributed by atoms with van der Waals surface area (Å²) in [7, 11) is 0. The Kier molecular flexibility index (Phi) is 8.92. The Bertz CT molecular complexity index is 146. The molecule has 10 heavy (non-hydrogen) atoms. The van der Waals surface area contributed by atoms with Gasteiger partial charge in [0, 0.05) is 6.92 Å². The van der Waals surface area contributed by atoms with Crippen molar-refractivity contribution in [2.45, 2.75) is 26.4 Å². The fourth-order valence-corrected chi connectivity index (χ4v) is 0.401. The van der Waals surface area contributed by atoms with Crippen molar-refractivity contribution in [3.05, 3.63) is 0 Å². The zero-order chi connectivity index (χ0) is 7.28. The van der Waals surface area contributed by atoms with Crippen LogP contribution in [-0.2, 0) is 9.53 Å². The Labute approximate surface area is 84.1 Å². The molecule has 0 aliphatic carbocycles. The zero-order valence-electron chi connectivity index (χ0n) is 7.55. The van der Waals surface area contributed by atoms with E-state index >= 15 is 0 Å². The maximum absolute atomic E-state index is 10.2. The molecule has 1 atom stereocenters. The summed E-state index contributed by atoms with van der Waals surface area (Å²) in [6.07, 6.45) is -0.0155. The van der Waals surface area contributed by atoms with Crippen LogP contribution in [0.3, 0.4) is 0 Å². The third kappa shape index (κ3) is 6.09. The topological polar surface area (TPSA) is 50.1 Å². The van der Waals surface area contributed by atoms with Crippen LogP contribution in [0, 0.1) is 11.3 Å². The van der Waals surface area contributed by atoms with E-state index in [1.165, 1.54) is 6.92 Å². The number of carbonyl (C=O) groups excluding carboxylic acids is 1. The number of carbonyl (C=O) groups is 1. The van der Waals surface area contributed by atoms with Crippen LogP contribution in [0.15, 0.2) is 0 Å². The van der Waals surface area contributed by atoms with Crippen molar-refractivity contribution in [3.8, 4) is 6.07 Å². The van der Waals surface area contributed by atoms with E-state index in [2.05, 4.69) is 4.74 Å². The van der Waals surface area contributed by atoms with Crippen molar-refractivity contribution in [3.63, 3.8) is 0 Å². The minimum atomic E-state index is -0.567. The molecule has 0 bridgehead atoms. The number of nitriles is 1. The first-order chi connectivity index (χ1) is 4.20. The van der Waals surface area contributed by atoms with Gasteiger partial charge in [0.05, 0.1) is 0 Å². The first-order valence-electron chi connectivity index (χ1n) is 2.77. The van der Waals surface area contributed by atoms with E-state index in [4.69, 9.17) is 5.26 Å².